The van der Waals surface area contributed by atoms with Crippen LogP contribution in [-0.4, -0.2) is 48.0 Å². The minimum Gasteiger partial charge on any atom is -0.339 e. The van der Waals surface area contributed by atoms with Gasteiger partial charge in [0.05, 0.1) is 12.2 Å². The van der Waals surface area contributed by atoms with Crippen LogP contribution in [0.25, 0.3) is 0 Å². The van der Waals surface area contributed by atoms with Crippen molar-refractivity contribution in [2.45, 2.75) is 59.2 Å². The van der Waals surface area contributed by atoms with Crippen LogP contribution < -0.4 is 5.32 Å². The molecule has 1 aliphatic rings. The number of urea groups is 1. The minimum absolute atomic E-state index is 0.0125. The Bertz CT molecular complexity index is 795. The van der Waals surface area contributed by atoms with E-state index in [1.165, 1.54) is 0 Å². The van der Waals surface area contributed by atoms with Crippen molar-refractivity contribution in [2.24, 2.45) is 5.92 Å². The molecule has 0 radical (unpaired) electrons. The topological polar surface area (TPSA) is 119 Å². The standard InChI is InChI=1S/C16H23N7O3/c1-9(2)5-14-18-13(20-26-14)8-22-15(24)12(17-16(22)25)6-11-7-23(10(3)4)21-19-11/h7,9-10,12H,5-6,8H2,1-4H3,(H,17,25). The second kappa shape index (κ2) is 7.22. The van der Waals surface area contributed by atoms with Crippen molar-refractivity contribution >= 4 is 11.9 Å². The Kier molecular flexibility index (Phi) is 5.01. The van der Waals surface area contributed by atoms with Gasteiger partial charge in [0.1, 0.15) is 6.04 Å². The van der Waals surface area contributed by atoms with E-state index in [0.717, 1.165) is 4.90 Å². The fourth-order valence-electron chi connectivity index (χ4n) is 2.66. The van der Waals surface area contributed by atoms with Gasteiger partial charge in [-0.25, -0.2) is 9.48 Å². The number of rotatable bonds is 7. The summed E-state index contributed by atoms with van der Waals surface area (Å²) in [5, 5.41) is 14.6. The van der Waals surface area contributed by atoms with Gasteiger partial charge < -0.3 is 9.84 Å². The molecule has 0 aromatic carbocycles. The summed E-state index contributed by atoms with van der Waals surface area (Å²) in [6.45, 7) is 8.05. The minimum atomic E-state index is -0.665. The normalized spacial score (nSPS) is 17.6. The molecule has 1 fully saturated rings. The molecule has 1 atom stereocenters. The van der Waals surface area contributed by atoms with Crippen LogP contribution in [0, 0.1) is 5.92 Å². The third-order valence-electron chi connectivity index (χ3n) is 4.00. The smallest absolute Gasteiger partial charge is 0.325 e. The van der Waals surface area contributed by atoms with Crippen LogP contribution in [0.5, 0.6) is 0 Å². The van der Waals surface area contributed by atoms with Crippen molar-refractivity contribution in [1.82, 2.24) is 35.4 Å². The molecule has 3 rings (SSSR count). The Morgan fingerprint density at radius 2 is 2.04 bits per heavy atom. The Hall–Kier alpha value is -2.78. The summed E-state index contributed by atoms with van der Waals surface area (Å²) in [7, 11) is 0. The summed E-state index contributed by atoms with van der Waals surface area (Å²) < 4.78 is 6.86. The first kappa shape index (κ1) is 18.0. The van der Waals surface area contributed by atoms with E-state index >= 15 is 0 Å². The molecule has 0 bridgehead atoms. The second-order valence-corrected chi connectivity index (χ2v) is 7.12. The van der Waals surface area contributed by atoms with Gasteiger partial charge >= 0.3 is 6.03 Å². The fourth-order valence-corrected chi connectivity index (χ4v) is 2.66. The molecule has 140 valence electrons. The molecule has 1 unspecified atom stereocenters. The lowest BCUT2D eigenvalue weighted by atomic mass is 10.1. The van der Waals surface area contributed by atoms with E-state index in [-0.39, 0.29) is 18.5 Å². The average Bonchev–Trinajstić information content (AvgIpc) is 3.25. The highest BCUT2D eigenvalue weighted by atomic mass is 16.5. The van der Waals surface area contributed by atoms with Crippen LogP contribution in [0.3, 0.4) is 0 Å². The van der Waals surface area contributed by atoms with Crippen molar-refractivity contribution < 1.29 is 14.1 Å². The Morgan fingerprint density at radius 1 is 1.27 bits per heavy atom. The van der Waals surface area contributed by atoms with E-state index in [0.29, 0.717) is 36.2 Å². The first-order chi connectivity index (χ1) is 12.3. The molecule has 0 saturated carbocycles. The van der Waals surface area contributed by atoms with Gasteiger partial charge in [-0.3, -0.25) is 9.69 Å². The lowest BCUT2D eigenvalue weighted by Gasteiger charge is -2.09. The first-order valence-corrected chi connectivity index (χ1v) is 8.67. The molecule has 26 heavy (non-hydrogen) atoms. The van der Waals surface area contributed by atoms with Gasteiger partial charge in [0.2, 0.25) is 5.89 Å². The van der Waals surface area contributed by atoms with Crippen LogP contribution in [-0.2, 0) is 24.2 Å². The van der Waals surface area contributed by atoms with Crippen molar-refractivity contribution in [3.05, 3.63) is 23.6 Å². The quantitative estimate of drug-likeness (QED) is 0.733. The summed E-state index contributed by atoms with van der Waals surface area (Å²) in [6.07, 6.45) is 2.73. The largest absolute Gasteiger partial charge is 0.339 e. The van der Waals surface area contributed by atoms with Gasteiger partial charge in [-0.2, -0.15) is 4.98 Å². The summed E-state index contributed by atoms with van der Waals surface area (Å²) in [4.78, 5) is 30.0. The van der Waals surface area contributed by atoms with Gasteiger partial charge in [0.25, 0.3) is 5.91 Å². The van der Waals surface area contributed by atoms with Gasteiger partial charge in [-0.15, -0.1) is 5.10 Å². The predicted molar refractivity (Wildman–Crippen MR) is 89.8 cm³/mol. The van der Waals surface area contributed by atoms with Crippen molar-refractivity contribution in [2.75, 3.05) is 0 Å². The van der Waals surface area contributed by atoms with Crippen LogP contribution >= 0.6 is 0 Å². The molecule has 1 saturated heterocycles. The average molecular weight is 361 g/mol. The molecule has 1 N–H and O–H groups in total. The molecule has 10 heteroatoms. The number of carbonyl (C=O) groups excluding carboxylic acids is 2. The highest BCUT2D eigenvalue weighted by Crippen LogP contribution is 2.15. The van der Waals surface area contributed by atoms with E-state index in [1.807, 2.05) is 27.7 Å². The third kappa shape index (κ3) is 3.89. The summed E-state index contributed by atoms with van der Waals surface area (Å²) in [6, 6.07) is -0.951. The molecule has 10 nitrogen and oxygen atoms in total. The van der Waals surface area contributed by atoms with E-state index < -0.39 is 12.1 Å². The highest BCUT2D eigenvalue weighted by molar-refractivity contribution is 6.04. The number of nitrogens with zero attached hydrogens (tertiary/aromatic N) is 6. The lowest BCUT2D eigenvalue weighted by Crippen LogP contribution is -2.32. The summed E-state index contributed by atoms with van der Waals surface area (Å²) in [5.74, 6) is 0.868. The Labute approximate surface area is 150 Å². The van der Waals surface area contributed by atoms with Crippen LogP contribution in [0.1, 0.15) is 51.1 Å². The number of nitrogens with one attached hydrogen (secondary N) is 1. The Morgan fingerprint density at radius 3 is 2.69 bits per heavy atom. The maximum atomic E-state index is 12.6. The van der Waals surface area contributed by atoms with E-state index in [2.05, 4.69) is 25.8 Å². The molecule has 0 aliphatic carbocycles. The van der Waals surface area contributed by atoms with Crippen molar-refractivity contribution in [3.63, 3.8) is 0 Å². The molecular weight excluding hydrogens is 338 g/mol. The Balaban J connectivity index is 1.63. The monoisotopic (exact) mass is 361 g/mol. The molecule has 2 aromatic heterocycles. The zero-order valence-corrected chi connectivity index (χ0v) is 15.3. The van der Waals surface area contributed by atoms with E-state index in [4.69, 9.17) is 4.52 Å². The summed E-state index contributed by atoms with van der Waals surface area (Å²) >= 11 is 0. The molecule has 3 amide bonds. The zero-order chi connectivity index (χ0) is 18.8. The predicted octanol–water partition coefficient (Wildman–Crippen LogP) is 1.10. The van der Waals surface area contributed by atoms with E-state index in [9.17, 15) is 9.59 Å². The van der Waals surface area contributed by atoms with Gasteiger partial charge in [0.15, 0.2) is 5.82 Å². The molecular formula is C16H23N7O3. The number of imide groups is 1. The van der Waals surface area contributed by atoms with Gasteiger partial charge in [0, 0.05) is 25.1 Å². The van der Waals surface area contributed by atoms with Gasteiger partial charge in [-0.05, 0) is 19.8 Å². The van der Waals surface area contributed by atoms with Crippen molar-refractivity contribution in [1.29, 1.82) is 0 Å². The van der Waals surface area contributed by atoms with E-state index in [1.54, 1.807) is 10.9 Å². The molecule has 2 aromatic rings. The maximum Gasteiger partial charge on any atom is 0.325 e. The zero-order valence-electron chi connectivity index (χ0n) is 15.3. The number of carbonyl (C=O) groups is 2. The fraction of sp³-hybridized carbons (Fsp3) is 0.625. The second-order valence-electron chi connectivity index (χ2n) is 7.12. The highest BCUT2D eigenvalue weighted by Gasteiger charge is 2.39. The third-order valence-corrected chi connectivity index (χ3v) is 4.00. The first-order valence-electron chi connectivity index (χ1n) is 8.67. The van der Waals surface area contributed by atoms with Crippen LogP contribution in [0.2, 0.25) is 0 Å². The SMILES string of the molecule is CC(C)Cc1nc(CN2C(=O)NC(Cc3cn(C(C)C)nn3)C2=O)no1. The number of hydrogen-bond donors (Lipinski definition) is 1. The molecule has 0 spiro atoms. The van der Waals surface area contributed by atoms with Crippen LogP contribution in [0.15, 0.2) is 10.7 Å². The number of amides is 3. The van der Waals surface area contributed by atoms with Gasteiger partial charge in [-0.1, -0.05) is 24.2 Å². The molecule has 3 heterocycles. The van der Waals surface area contributed by atoms with Crippen LogP contribution in [0.4, 0.5) is 4.79 Å². The maximum absolute atomic E-state index is 12.6. The van der Waals surface area contributed by atoms with Crippen molar-refractivity contribution in [3.8, 4) is 0 Å². The summed E-state index contributed by atoms with van der Waals surface area (Å²) in [5.41, 5.74) is 0.651. The number of hydrogen-bond acceptors (Lipinski definition) is 7. The number of aromatic nitrogens is 5. The molecule has 1 aliphatic heterocycles. The lowest BCUT2D eigenvalue weighted by molar-refractivity contribution is -0.127.